The minimum atomic E-state index is -0.440. The molecule has 3 rings (SSSR count). The number of nitrogens with zero attached hydrogens (tertiary/aromatic N) is 2. The number of hydrogen-bond donors (Lipinski definition) is 0. The molecule has 0 fully saturated rings. The van der Waals surface area contributed by atoms with Gasteiger partial charge in [-0.15, -0.1) is 0 Å². The van der Waals surface area contributed by atoms with E-state index in [-0.39, 0.29) is 32.7 Å². The van der Waals surface area contributed by atoms with Gasteiger partial charge >= 0.3 is 0 Å². The number of unbranched alkanes of at least 4 members (excludes halogenated alkanes) is 1. The summed E-state index contributed by atoms with van der Waals surface area (Å²) in [6, 6.07) is 2.75. The zero-order valence-corrected chi connectivity index (χ0v) is 11.8. The molecular formula is C15H14N2O4. The Morgan fingerprint density at radius 2 is 1.24 bits per heavy atom. The third-order valence-electron chi connectivity index (χ3n) is 3.91. The van der Waals surface area contributed by atoms with Gasteiger partial charge in [0.25, 0.3) is 22.2 Å². The summed E-state index contributed by atoms with van der Waals surface area (Å²) >= 11 is 0. The van der Waals surface area contributed by atoms with Crippen LogP contribution in [0.4, 0.5) is 0 Å². The van der Waals surface area contributed by atoms with E-state index >= 15 is 0 Å². The van der Waals surface area contributed by atoms with Crippen LogP contribution in [-0.2, 0) is 13.6 Å². The van der Waals surface area contributed by atoms with Crippen LogP contribution in [0.2, 0.25) is 0 Å². The largest absolute Gasteiger partial charge is 0.277 e. The second-order valence-corrected chi connectivity index (χ2v) is 5.23. The smallest absolute Gasteiger partial charge is 0.261 e. The van der Waals surface area contributed by atoms with E-state index in [2.05, 4.69) is 0 Å². The van der Waals surface area contributed by atoms with Crippen LogP contribution in [0.5, 0.6) is 0 Å². The highest BCUT2D eigenvalue weighted by Gasteiger charge is 2.17. The lowest BCUT2D eigenvalue weighted by atomic mass is 10.1. The van der Waals surface area contributed by atoms with E-state index in [4.69, 9.17) is 0 Å². The number of benzene rings is 1. The third-order valence-corrected chi connectivity index (χ3v) is 3.91. The zero-order valence-electron chi connectivity index (χ0n) is 11.8. The van der Waals surface area contributed by atoms with E-state index in [0.29, 0.717) is 6.54 Å². The van der Waals surface area contributed by atoms with Crippen LogP contribution >= 0.6 is 0 Å². The van der Waals surface area contributed by atoms with E-state index in [1.807, 2.05) is 6.92 Å². The molecule has 3 aromatic rings. The van der Waals surface area contributed by atoms with E-state index in [9.17, 15) is 19.2 Å². The molecule has 6 heteroatoms. The van der Waals surface area contributed by atoms with Crippen molar-refractivity contribution >= 4 is 21.5 Å². The van der Waals surface area contributed by atoms with Crippen molar-refractivity contribution in [3.63, 3.8) is 0 Å². The summed E-state index contributed by atoms with van der Waals surface area (Å²) < 4.78 is 2.17. The molecule has 21 heavy (non-hydrogen) atoms. The Balaban J connectivity index is 2.46. The molecule has 0 amide bonds. The van der Waals surface area contributed by atoms with Gasteiger partial charge in [-0.1, -0.05) is 13.3 Å². The average molecular weight is 286 g/mol. The highest BCUT2D eigenvalue weighted by atomic mass is 16.2. The van der Waals surface area contributed by atoms with Gasteiger partial charge in [0, 0.05) is 13.6 Å². The summed E-state index contributed by atoms with van der Waals surface area (Å²) in [6.07, 6.45) is 1.59. The van der Waals surface area contributed by atoms with Crippen molar-refractivity contribution in [3.8, 4) is 0 Å². The third kappa shape index (κ3) is 1.72. The Morgan fingerprint density at radius 1 is 0.810 bits per heavy atom. The van der Waals surface area contributed by atoms with Gasteiger partial charge in [-0.2, -0.15) is 0 Å². The van der Waals surface area contributed by atoms with Gasteiger partial charge in [0.05, 0.1) is 21.5 Å². The highest BCUT2D eigenvalue weighted by Crippen LogP contribution is 2.14. The molecule has 0 saturated carbocycles. The highest BCUT2D eigenvalue weighted by molar-refractivity contribution is 5.97. The maximum Gasteiger partial charge on any atom is 0.261 e. The molecule has 0 bridgehead atoms. The van der Waals surface area contributed by atoms with Gasteiger partial charge in [0.2, 0.25) is 0 Å². The second-order valence-electron chi connectivity index (χ2n) is 5.23. The van der Waals surface area contributed by atoms with E-state index in [1.165, 1.54) is 23.7 Å². The van der Waals surface area contributed by atoms with Gasteiger partial charge in [0.1, 0.15) is 0 Å². The Bertz CT molecular complexity index is 983. The quantitative estimate of drug-likeness (QED) is 0.691. The monoisotopic (exact) mass is 286 g/mol. The standard InChI is InChI=1S/C15H14N2O4/c1-3-4-5-17-14(20)10-6-8-9(7-11(10)15(17)21)13(19)16(2)12(8)18/h6-7H,3-5H2,1-2H3. The number of aromatic nitrogens is 2. The van der Waals surface area contributed by atoms with Crippen LogP contribution in [0.15, 0.2) is 31.3 Å². The molecule has 2 aromatic heterocycles. The van der Waals surface area contributed by atoms with Gasteiger partial charge in [-0.25, -0.2) is 0 Å². The molecule has 0 unspecified atom stereocenters. The van der Waals surface area contributed by atoms with Crippen molar-refractivity contribution in [2.24, 2.45) is 7.05 Å². The number of rotatable bonds is 3. The molecule has 2 heterocycles. The van der Waals surface area contributed by atoms with Gasteiger partial charge in [0.15, 0.2) is 0 Å². The van der Waals surface area contributed by atoms with Crippen molar-refractivity contribution in [2.45, 2.75) is 26.3 Å². The fraction of sp³-hybridized carbons (Fsp3) is 0.333. The first-order chi connectivity index (χ1) is 9.97. The maximum absolute atomic E-state index is 12.3. The molecule has 0 aliphatic carbocycles. The van der Waals surface area contributed by atoms with Gasteiger partial charge in [-0.3, -0.25) is 28.3 Å². The first kappa shape index (κ1) is 13.5. The first-order valence-electron chi connectivity index (χ1n) is 6.84. The fourth-order valence-electron chi connectivity index (χ4n) is 2.66. The molecule has 0 atom stereocenters. The molecule has 0 aliphatic heterocycles. The topological polar surface area (TPSA) is 78.1 Å². The summed E-state index contributed by atoms with van der Waals surface area (Å²) in [4.78, 5) is 48.4. The minimum Gasteiger partial charge on any atom is -0.277 e. The predicted octanol–water partition coefficient (Wildman–Crippen LogP) is 0.249. The fourth-order valence-corrected chi connectivity index (χ4v) is 2.66. The average Bonchev–Trinajstić information content (AvgIpc) is 2.84. The first-order valence-corrected chi connectivity index (χ1v) is 6.84. The van der Waals surface area contributed by atoms with Crippen LogP contribution in [0.25, 0.3) is 21.5 Å². The molecular weight excluding hydrogens is 272 g/mol. The summed E-state index contributed by atoms with van der Waals surface area (Å²) in [5.41, 5.74) is -1.66. The van der Waals surface area contributed by atoms with Crippen LogP contribution in [-0.4, -0.2) is 9.13 Å². The van der Waals surface area contributed by atoms with Crippen molar-refractivity contribution < 1.29 is 0 Å². The van der Waals surface area contributed by atoms with Crippen molar-refractivity contribution in [1.29, 1.82) is 0 Å². The van der Waals surface area contributed by atoms with Gasteiger partial charge in [-0.05, 0) is 18.6 Å². The van der Waals surface area contributed by atoms with E-state index in [0.717, 1.165) is 17.4 Å². The summed E-state index contributed by atoms with van der Waals surface area (Å²) in [7, 11) is 1.38. The summed E-state index contributed by atoms with van der Waals surface area (Å²) in [5.74, 6) is 0. The molecule has 0 aliphatic rings. The molecule has 6 nitrogen and oxygen atoms in total. The van der Waals surface area contributed by atoms with Crippen LogP contribution in [0, 0.1) is 0 Å². The van der Waals surface area contributed by atoms with Crippen LogP contribution < -0.4 is 22.2 Å². The lowest BCUT2D eigenvalue weighted by molar-refractivity contribution is 0.609. The van der Waals surface area contributed by atoms with Crippen molar-refractivity contribution in [2.75, 3.05) is 0 Å². The molecule has 1 aromatic carbocycles. The van der Waals surface area contributed by atoms with E-state index in [1.54, 1.807) is 0 Å². The second kappa shape index (κ2) is 4.51. The Labute approximate surface area is 118 Å². The SMILES string of the molecule is CCCCn1c(=O)c2cc3c(=O)n(C)c(=O)c3cc2c1=O. The van der Waals surface area contributed by atoms with Crippen LogP contribution in [0.1, 0.15) is 19.8 Å². The van der Waals surface area contributed by atoms with Crippen molar-refractivity contribution in [1.82, 2.24) is 9.13 Å². The molecule has 108 valence electrons. The van der Waals surface area contributed by atoms with Gasteiger partial charge < -0.3 is 0 Å². The molecule has 0 saturated heterocycles. The summed E-state index contributed by atoms with van der Waals surface area (Å²) in [5, 5.41) is 0.817. The molecule has 0 N–H and O–H groups in total. The molecule has 0 spiro atoms. The Hall–Kier alpha value is -2.50. The maximum atomic E-state index is 12.3. The molecule has 0 radical (unpaired) electrons. The predicted molar refractivity (Wildman–Crippen MR) is 80.8 cm³/mol. The zero-order chi connectivity index (χ0) is 15.3. The summed E-state index contributed by atoms with van der Waals surface area (Å²) in [6.45, 7) is 2.33. The Morgan fingerprint density at radius 3 is 1.67 bits per heavy atom. The number of hydrogen-bond acceptors (Lipinski definition) is 4. The van der Waals surface area contributed by atoms with E-state index < -0.39 is 11.1 Å². The number of fused-ring (bicyclic) bond motifs is 2. The minimum absolute atomic E-state index is 0.194. The Kier molecular flexibility index (Phi) is 2.90. The lowest BCUT2D eigenvalue weighted by Crippen LogP contribution is -2.25. The van der Waals surface area contributed by atoms with Crippen LogP contribution in [0.3, 0.4) is 0 Å². The lowest BCUT2D eigenvalue weighted by Gasteiger charge is -1.96. The normalized spacial score (nSPS) is 11.7. The van der Waals surface area contributed by atoms with Crippen molar-refractivity contribution in [3.05, 3.63) is 53.5 Å².